The van der Waals surface area contributed by atoms with Crippen LogP contribution in [0, 0.1) is 6.92 Å². The molecular weight excluding hydrogens is 282 g/mol. The fourth-order valence-electron chi connectivity index (χ4n) is 2.62. The minimum atomic E-state index is -0.310. The Morgan fingerprint density at radius 2 is 1.95 bits per heavy atom. The maximum absolute atomic E-state index is 13.0. The standard InChI is InChI=1S/C16H19N3OS/c1-13-11-19(12-17-13)15(14-5-3-2-4-6-14)16(20)18-7-9-21-10-8-18/h2-6,11-12,15H,7-10H2,1H3. The summed E-state index contributed by atoms with van der Waals surface area (Å²) in [6.07, 6.45) is 3.69. The molecule has 1 atom stereocenters. The minimum Gasteiger partial charge on any atom is -0.339 e. The summed E-state index contributed by atoms with van der Waals surface area (Å²) in [7, 11) is 0. The number of carbonyl (C=O) groups is 1. The third-order valence-corrected chi connectivity index (χ3v) is 4.64. The van der Waals surface area contributed by atoms with Crippen LogP contribution in [0.4, 0.5) is 0 Å². The SMILES string of the molecule is Cc1cn(C(C(=O)N2CCSCC2)c2ccccc2)cn1. The first-order valence-corrected chi connectivity index (χ1v) is 8.33. The molecule has 0 N–H and O–H groups in total. The van der Waals surface area contributed by atoms with Gasteiger partial charge in [-0.3, -0.25) is 4.79 Å². The van der Waals surface area contributed by atoms with E-state index in [-0.39, 0.29) is 11.9 Å². The Kier molecular flexibility index (Phi) is 4.29. The molecule has 1 amide bonds. The van der Waals surface area contributed by atoms with E-state index in [2.05, 4.69) is 4.98 Å². The summed E-state index contributed by atoms with van der Waals surface area (Å²) in [5, 5.41) is 0. The highest BCUT2D eigenvalue weighted by Crippen LogP contribution is 2.23. The Balaban J connectivity index is 1.94. The number of rotatable bonds is 3. The number of aromatic nitrogens is 2. The molecule has 110 valence electrons. The lowest BCUT2D eigenvalue weighted by molar-refractivity contribution is -0.133. The van der Waals surface area contributed by atoms with Crippen molar-refractivity contribution in [2.75, 3.05) is 24.6 Å². The summed E-state index contributed by atoms with van der Waals surface area (Å²) in [4.78, 5) is 19.2. The van der Waals surface area contributed by atoms with Crippen molar-refractivity contribution in [3.05, 3.63) is 54.1 Å². The van der Waals surface area contributed by atoms with Crippen molar-refractivity contribution in [1.29, 1.82) is 0 Å². The average molecular weight is 301 g/mol. The lowest BCUT2D eigenvalue weighted by atomic mass is 10.1. The number of imidazole rings is 1. The van der Waals surface area contributed by atoms with E-state index >= 15 is 0 Å². The summed E-state index contributed by atoms with van der Waals surface area (Å²) in [6.45, 7) is 3.61. The van der Waals surface area contributed by atoms with E-state index in [1.54, 1.807) is 6.33 Å². The smallest absolute Gasteiger partial charge is 0.250 e. The zero-order chi connectivity index (χ0) is 14.7. The van der Waals surface area contributed by atoms with Crippen molar-refractivity contribution in [2.45, 2.75) is 13.0 Å². The molecule has 0 radical (unpaired) electrons. The number of hydrogen-bond acceptors (Lipinski definition) is 3. The van der Waals surface area contributed by atoms with E-state index in [1.165, 1.54) is 0 Å². The molecule has 1 unspecified atom stereocenters. The summed E-state index contributed by atoms with van der Waals surface area (Å²) in [6, 6.07) is 9.64. The molecular formula is C16H19N3OS. The molecule has 4 nitrogen and oxygen atoms in total. The van der Waals surface area contributed by atoms with Crippen LogP contribution in [0.3, 0.4) is 0 Å². The highest BCUT2D eigenvalue weighted by Gasteiger charge is 2.28. The fraction of sp³-hybridized carbons (Fsp3) is 0.375. The van der Waals surface area contributed by atoms with Gasteiger partial charge in [-0.1, -0.05) is 30.3 Å². The second kappa shape index (κ2) is 6.35. The topological polar surface area (TPSA) is 38.1 Å². The summed E-state index contributed by atoms with van der Waals surface area (Å²) in [5.74, 6) is 2.21. The van der Waals surface area contributed by atoms with Gasteiger partial charge in [-0.2, -0.15) is 11.8 Å². The molecule has 0 spiro atoms. The molecule has 0 aliphatic carbocycles. The van der Waals surface area contributed by atoms with Gasteiger partial charge >= 0.3 is 0 Å². The van der Waals surface area contributed by atoms with E-state index in [0.29, 0.717) is 0 Å². The summed E-state index contributed by atoms with van der Waals surface area (Å²) < 4.78 is 1.93. The van der Waals surface area contributed by atoms with E-state index in [1.807, 2.05) is 64.7 Å². The number of benzene rings is 1. The van der Waals surface area contributed by atoms with Crippen molar-refractivity contribution in [1.82, 2.24) is 14.5 Å². The quantitative estimate of drug-likeness (QED) is 0.873. The predicted molar refractivity (Wildman–Crippen MR) is 85.5 cm³/mol. The zero-order valence-electron chi connectivity index (χ0n) is 12.1. The molecule has 2 heterocycles. The van der Waals surface area contributed by atoms with Crippen LogP contribution in [0.15, 0.2) is 42.9 Å². The van der Waals surface area contributed by atoms with E-state index in [0.717, 1.165) is 35.9 Å². The molecule has 0 saturated carbocycles. The van der Waals surface area contributed by atoms with Crippen molar-refractivity contribution in [3.63, 3.8) is 0 Å². The largest absolute Gasteiger partial charge is 0.339 e. The number of nitrogens with zero attached hydrogens (tertiary/aromatic N) is 3. The zero-order valence-corrected chi connectivity index (χ0v) is 12.9. The molecule has 1 aromatic carbocycles. The van der Waals surface area contributed by atoms with Crippen LogP contribution in [0.5, 0.6) is 0 Å². The summed E-state index contributed by atoms with van der Waals surface area (Å²) in [5.41, 5.74) is 1.94. The minimum absolute atomic E-state index is 0.166. The van der Waals surface area contributed by atoms with Crippen LogP contribution in [-0.2, 0) is 4.79 Å². The van der Waals surface area contributed by atoms with Gasteiger partial charge in [0.1, 0.15) is 6.04 Å². The van der Waals surface area contributed by atoms with Crippen molar-refractivity contribution < 1.29 is 4.79 Å². The molecule has 1 saturated heterocycles. The molecule has 1 aliphatic heterocycles. The van der Waals surface area contributed by atoms with E-state index in [4.69, 9.17) is 0 Å². The van der Waals surface area contributed by atoms with Crippen LogP contribution in [-0.4, -0.2) is 45.0 Å². The Morgan fingerprint density at radius 3 is 2.57 bits per heavy atom. The number of thioether (sulfide) groups is 1. The fourth-order valence-corrected chi connectivity index (χ4v) is 3.52. The van der Waals surface area contributed by atoms with Gasteiger partial charge in [0.25, 0.3) is 0 Å². The molecule has 0 bridgehead atoms. The van der Waals surface area contributed by atoms with Crippen molar-refractivity contribution in [3.8, 4) is 0 Å². The van der Waals surface area contributed by atoms with Gasteiger partial charge in [-0.25, -0.2) is 4.98 Å². The highest BCUT2D eigenvalue weighted by atomic mass is 32.2. The van der Waals surface area contributed by atoms with Gasteiger partial charge in [0.05, 0.1) is 12.0 Å². The molecule has 5 heteroatoms. The molecule has 1 aromatic heterocycles. The van der Waals surface area contributed by atoms with Gasteiger partial charge in [0.15, 0.2) is 0 Å². The number of aryl methyl sites for hydroxylation is 1. The monoisotopic (exact) mass is 301 g/mol. The van der Waals surface area contributed by atoms with Gasteiger partial charge in [0.2, 0.25) is 5.91 Å². The first kappa shape index (κ1) is 14.2. The Bertz CT molecular complexity index is 605. The molecule has 1 aliphatic rings. The van der Waals surface area contributed by atoms with Gasteiger partial charge in [0, 0.05) is 30.8 Å². The maximum atomic E-state index is 13.0. The van der Waals surface area contributed by atoms with Gasteiger partial charge < -0.3 is 9.47 Å². The number of carbonyl (C=O) groups excluding carboxylic acids is 1. The Hall–Kier alpha value is -1.75. The third kappa shape index (κ3) is 3.13. The average Bonchev–Trinajstić information content (AvgIpc) is 2.95. The van der Waals surface area contributed by atoms with Crippen molar-refractivity contribution >= 4 is 17.7 Å². The van der Waals surface area contributed by atoms with Crippen LogP contribution >= 0.6 is 11.8 Å². The number of amides is 1. The van der Waals surface area contributed by atoms with E-state index in [9.17, 15) is 4.79 Å². The van der Waals surface area contributed by atoms with Gasteiger partial charge in [-0.05, 0) is 12.5 Å². The maximum Gasteiger partial charge on any atom is 0.250 e. The second-order valence-corrected chi connectivity index (χ2v) is 6.44. The first-order valence-electron chi connectivity index (χ1n) is 7.17. The Morgan fingerprint density at radius 1 is 1.24 bits per heavy atom. The lowest BCUT2D eigenvalue weighted by Crippen LogP contribution is -2.42. The van der Waals surface area contributed by atoms with Crippen LogP contribution in [0.25, 0.3) is 0 Å². The molecule has 1 fully saturated rings. The highest BCUT2D eigenvalue weighted by molar-refractivity contribution is 7.99. The van der Waals surface area contributed by atoms with Crippen LogP contribution in [0.2, 0.25) is 0 Å². The predicted octanol–water partition coefficient (Wildman–Crippen LogP) is 2.36. The van der Waals surface area contributed by atoms with E-state index < -0.39 is 0 Å². The van der Waals surface area contributed by atoms with Crippen LogP contribution in [0.1, 0.15) is 17.3 Å². The lowest BCUT2D eigenvalue weighted by Gasteiger charge is -2.30. The molecule has 3 rings (SSSR count). The summed E-state index contributed by atoms with van der Waals surface area (Å²) >= 11 is 1.91. The second-order valence-electron chi connectivity index (χ2n) is 5.21. The molecule has 2 aromatic rings. The van der Waals surface area contributed by atoms with Gasteiger partial charge in [-0.15, -0.1) is 0 Å². The first-order chi connectivity index (χ1) is 10.3. The number of hydrogen-bond donors (Lipinski definition) is 0. The molecule has 21 heavy (non-hydrogen) atoms. The normalized spacial score (nSPS) is 16.7. The Labute approximate surface area is 129 Å². The van der Waals surface area contributed by atoms with Crippen LogP contribution < -0.4 is 0 Å². The third-order valence-electron chi connectivity index (χ3n) is 3.70. The van der Waals surface area contributed by atoms with Crippen molar-refractivity contribution in [2.24, 2.45) is 0 Å².